The molecule has 0 aliphatic heterocycles. The number of carboxylic acid groups (broad SMARTS) is 2. The molecule has 6 nitrogen and oxygen atoms in total. The average Bonchev–Trinajstić information content (AvgIpc) is 2.24. The van der Waals surface area contributed by atoms with E-state index >= 15 is 0 Å². The molecule has 2 bridgehead atoms. The van der Waals surface area contributed by atoms with Crippen molar-refractivity contribution in [2.45, 2.75) is 44.3 Å². The summed E-state index contributed by atoms with van der Waals surface area (Å²) in [6.45, 7) is 2.17. The third-order valence-corrected chi connectivity index (χ3v) is 2.65. The van der Waals surface area contributed by atoms with Crippen LogP contribution in [0.4, 0.5) is 0 Å². The Morgan fingerprint density at radius 1 is 0.905 bits per heavy atom. The number of fused-ring (bicyclic) bond motifs is 2. The van der Waals surface area contributed by atoms with Crippen LogP contribution in [0.3, 0.4) is 0 Å². The zero-order valence-electron chi connectivity index (χ0n) is 12.2. The Hall–Kier alpha value is -1.92. The van der Waals surface area contributed by atoms with Crippen LogP contribution in [0.2, 0.25) is 0 Å². The van der Waals surface area contributed by atoms with Gasteiger partial charge in [0.1, 0.15) is 5.60 Å². The van der Waals surface area contributed by atoms with Crippen molar-refractivity contribution in [3.05, 3.63) is 36.5 Å². The van der Waals surface area contributed by atoms with Crippen molar-refractivity contribution >= 4 is 11.9 Å². The first-order chi connectivity index (χ1) is 9.59. The summed E-state index contributed by atoms with van der Waals surface area (Å²) in [5, 5.41) is 34.9. The van der Waals surface area contributed by atoms with E-state index in [-0.39, 0.29) is 0 Å². The second-order valence-electron chi connectivity index (χ2n) is 5.03. The van der Waals surface area contributed by atoms with E-state index in [0.29, 0.717) is 19.3 Å². The number of hydrogen-bond donors (Lipinski definition) is 4. The standard InChI is InChI=1S/C11H14O2.2C2H4O2/c12-10-5-2-1-3-6-11(13,9-10)8-4-7-10;2*1-2(3)4/h1-5,7,12-13H,6,8-9H2;2*1H3,(H,3,4). The van der Waals surface area contributed by atoms with Crippen LogP contribution < -0.4 is 0 Å². The van der Waals surface area contributed by atoms with Gasteiger partial charge in [-0.3, -0.25) is 9.59 Å². The van der Waals surface area contributed by atoms with Crippen LogP contribution in [0.5, 0.6) is 0 Å². The molecule has 2 atom stereocenters. The molecule has 0 aromatic carbocycles. The summed E-state index contributed by atoms with van der Waals surface area (Å²) in [5.41, 5.74) is -1.71. The van der Waals surface area contributed by atoms with Gasteiger partial charge in [0.15, 0.2) is 0 Å². The van der Waals surface area contributed by atoms with Gasteiger partial charge in [0.2, 0.25) is 0 Å². The van der Waals surface area contributed by atoms with Gasteiger partial charge in [-0.1, -0.05) is 30.4 Å². The molecule has 0 heterocycles. The summed E-state index contributed by atoms with van der Waals surface area (Å²) >= 11 is 0. The molecule has 2 aliphatic rings. The van der Waals surface area contributed by atoms with E-state index in [0.717, 1.165) is 13.8 Å². The fourth-order valence-electron chi connectivity index (χ4n) is 2.00. The van der Waals surface area contributed by atoms with Crippen molar-refractivity contribution in [2.24, 2.45) is 0 Å². The van der Waals surface area contributed by atoms with Crippen molar-refractivity contribution in [3.63, 3.8) is 0 Å². The van der Waals surface area contributed by atoms with E-state index in [2.05, 4.69) is 0 Å². The van der Waals surface area contributed by atoms with Gasteiger partial charge in [-0.2, -0.15) is 0 Å². The van der Waals surface area contributed by atoms with E-state index in [9.17, 15) is 10.2 Å². The molecular formula is C15H22O6. The van der Waals surface area contributed by atoms with Gasteiger partial charge in [0, 0.05) is 20.3 Å². The van der Waals surface area contributed by atoms with Gasteiger partial charge in [-0.25, -0.2) is 0 Å². The maximum atomic E-state index is 10.1. The number of carbonyl (C=O) groups is 2. The molecule has 0 amide bonds. The van der Waals surface area contributed by atoms with Crippen LogP contribution in [0.15, 0.2) is 36.5 Å². The lowest BCUT2D eigenvalue weighted by atomic mass is 9.77. The number of carboxylic acids is 2. The Kier molecular flexibility index (Phi) is 7.62. The average molecular weight is 298 g/mol. The molecule has 0 aromatic heterocycles. The fourth-order valence-corrected chi connectivity index (χ4v) is 2.00. The molecule has 0 aromatic rings. The minimum Gasteiger partial charge on any atom is -0.481 e. The van der Waals surface area contributed by atoms with E-state index < -0.39 is 23.1 Å². The number of hydrogen-bond acceptors (Lipinski definition) is 4. The largest absolute Gasteiger partial charge is 0.481 e. The van der Waals surface area contributed by atoms with Crippen LogP contribution >= 0.6 is 0 Å². The van der Waals surface area contributed by atoms with E-state index in [1.54, 1.807) is 12.2 Å². The molecule has 0 saturated carbocycles. The highest BCUT2D eigenvalue weighted by Crippen LogP contribution is 2.35. The van der Waals surface area contributed by atoms with Crippen molar-refractivity contribution in [1.82, 2.24) is 0 Å². The normalized spacial score (nSPS) is 29.0. The van der Waals surface area contributed by atoms with Crippen LogP contribution in [0.25, 0.3) is 0 Å². The maximum Gasteiger partial charge on any atom is 0.300 e. The highest BCUT2D eigenvalue weighted by atomic mass is 16.4. The first kappa shape index (κ1) is 19.1. The second kappa shape index (κ2) is 8.39. The molecule has 0 saturated heterocycles. The van der Waals surface area contributed by atoms with Gasteiger partial charge in [0.25, 0.3) is 11.9 Å². The van der Waals surface area contributed by atoms with Crippen LogP contribution in [0, 0.1) is 0 Å². The molecule has 21 heavy (non-hydrogen) atoms. The molecule has 0 fully saturated rings. The monoisotopic (exact) mass is 298 g/mol. The zero-order chi connectivity index (χ0) is 16.5. The molecule has 4 N–H and O–H groups in total. The van der Waals surface area contributed by atoms with Crippen molar-refractivity contribution in [3.8, 4) is 0 Å². The van der Waals surface area contributed by atoms with Crippen molar-refractivity contribution < 1.29 is 30.0 Å². The van der Waals surface area contributed by atoms with Gasteiger partial charge >= 0.3 is 0 Å². The molecule has 2 unspecified atom stereocenters. The summed E-state index contributed by atoms with van der Waals surface area (Å²) in [5.74, 6) is -1.67. The quantitative estimate of drug-likeness (QED) is 0.504. The van der Waals surface area contributed by atoms with Crippen molar-refractivity contribution in [2.75, 3.05) is 0 Å². The number of aliphatic hydroxyl groups is 2. The number of allylic oxidation sites excluding steroid dienone is 2. The molecule has 6 heteroatoms. The van der Waals surface area contributed by atoms with Crippen LogP contribution in [0.1, 0.15) is 33.1 Å². The lowest BCUT2D eigenvalue weighted by Crippen LogP contribution is -2.41. The van der Waals surface area contributed by atoms with Gasteiger partial charge in [-0.15, -0.1) is 0 Å². The lowest BCUT2D eigenvalue weighted by Gasteiger charge is -2.37. The third kappa shape index (κ3) is 9.59. The van der Waals surface area contributed by atoms with Crippen LogP contribution in [-0.2, 0) is 9.59 Å². The third-order valence-electron chi connectivity index (χ3n) is 2.65. The number of rotatable bonds is 0. The Balaban J connectivity index is 0.000000421. The summed E-state index contributed by atoms with van der Waals surface area (Å²) in [4.78, 5) is 18.0. The maximum absolute atomic E-state index is 10.1. The molecule has 0 spiro atoms. The minimum absolute atomic E-state index is 0.400. The molecule has 2 aliphatic carbocycles. The first-order valence-corrected chi connectivity index (χ1v) is 6.44. The lowest BCUT2D eigenvalue weighted by molar-refractivity contribution is -0.135. The zero-order valence-corrected chi connectivity index (χ0v) is 12.2. The summed E-state index contributed by atoms with van der Waals surface area (Å²) in [7, 11) is 0. The fraction of sp³-hybridized carbons (Fsp3) is 0.467. The second-order valence-corrected chi connectivity index (χ2v) is 5.03. The summed E-state index contributed by atoms with van der Waals surface area (Å²) < 4.78 is 0. The van der Waals surface area contributed by atoms with Gasteiger partial charge in [0.05, 0.1) is 5.60 Å². The Labute approximate surface area is 123 Å². The Morgan fingerprint density at radius 3 is 1.90 bits per heavy atom. The minimum atomic E-state index is -0.947. The molecule has 0 radical (unpaired) electrons. The molecular weight excluding hydrogens is 276 g/mol. The summed E-state index contributed by atoms with van der Waals surface area (Å²) in [6, 6.07) is 0. The first-order valence-electron chi connectivity index (χ1n) is 6.44. The van der Waals surface area contributed by atoms with E-state index in [1.807, 2.05) is 24.3 Å². The smallest absolute Gasteiger partial charge is 0.300 e. The number of aliphatic carboxylic acids is 2. The summed E-state index contributed by atoms with van der Waals surface area (Å²) in [6.07, 6.45) is 12.6. The predicted molar refractivity (Wildman–Crippen MR) is 77.8 cm³/mol. The Morgan fingerprint density at radius 2 is 1.38 bits per heavy atom. The van der Waals surface area contributed by atoms with E-state index in [1.165, 1.54) is 0 Å². The van der Waals surface area contributed by atoms with Gasteiger partial charge in [-0.05, 0) is 18.9 Å². The highest BCUT2D eigenvalue weighted by molar-refractivity contribution is 5.63. The topological polar surface area (TPSA) is 115 Å². The Bertz CT molecular complexity index is 431. The highest BCUT2D eigenvalue weighted by Gasteiger charge is 2.37. The molecule has 118 valence electrons. The SMILES string of the molecule is CC(=O)O.CC(=O)O.OC12C=CC=CCC(O)(CC=C1)C2. The van der Waals surface area contributed by atoms with Crippen molar-refractivity contribution in [1.29, 1.82) is 0 Å². The van der Waals surface area contributed by atoms with Crippen LogP contribution in [-0.4, -0.2) is 43.6 Å². The van der Waals surface area contributed by atoms with E-state index in [4.69, 9.17) is 19.8 Å². The molecule has 2 rings (SSSR count). The van der Waals surface area contributed by atoms with Gasteiger partial charge < -0.3 is 20.4 Å². The predicted octanol–water partition coefficient (Wildman–Crippen LogP) is 1.50.